The standard InChI is InChI=1S/C35H39Cl2FN6O4/c1-5-47-32(45)31(30-27-14-22(38)16-42(27)20-39-30)44-17-25-26(36)15-24(28(37)29(25)40-44)21-6-8-23(9-7-21)43-18-35(19-43)10-12-41(13-11-35)33(46)48-34(2,3)4/h6-9,15,17,20,22,31H,5,10-14,16,18-19H2,1-4H3/t22-,31?/m1/s1. The van der Waals surface area contributed by atoms with Crippen molar-refractivity contribution in [3.63, 3.8) is 0 Å². The van der Waals surface area contributed by atoms with Crippen LogP contribution in [0.5, 0.6) is 0 Å². The highest BCUT2D eigenvalue weighted by Crippen LogP contribution is 2.44. The molecule has 1 spiro atoms. The molecule has 2 fully saturated rings. The number of aromatic nitrogens is 4. The van der Waals surface area contributed by atoms with Crippen LogP contribution in [0.3, 0.4) is 0 Å². The Morgan fingerprint density at radius 2 is 1.83 bits per heavy atom. The number of likely N-dealkylation sites (tertiary alicyclic amines) is 1. The van der Waals surface area contributed by atoms with E-state index in [9.17, 15) is 14.0 Å². The predicted molar refractivity (Wildman–Crippen MR) is 182 cm³/mol. The number of carbonyl (C=O) groups excluding carboxylic acids is 2. The van der Waals surface area contributed by atoms with E-state index in [0.717, 1.165) is 42.7 Å². The summed E-state index contributed by atoms with van der Waals surface area (Å²) in [5.41, 5.74) is 3.94. The van der Waals surface area contributed by atoms with Crippen molar-refractivity contribution in [1.29, 1.82) is 0 Å². The molecule has 13 heteroatoms. The number of amides is 1. The molecule has 254 valence electrons. The van der Waals surface area contributed by atoms with Gasteiger partial charge in [0.1, 0.15) is 17.3 Å². The monoisotopic (exact) mass is 696 g/mol. The minimum Gasteiger partial charge on any atom is -0.464 e. The highest BCUT2D eigenvalue weighted by molar-refractivity contribution is 6.42. The van der Waals surface area contributed by atoms with Crippen LogP contribution in [-0.4, -0.2) is 80.9 Å². The van der Waals surface area contributed by atoms with Crippen molar-refractivity contribution < 1.29 is 23.5 Å². The molecule has 3 aliphatic heterocycles. The Morgan fingerprint density at radius 1 is 1.12 bits per heavy atom. The van der Waals surface area contributed by atoms with Gasteiger partial charge in [-0.1, -0.05) is 35.3 Å². The summed E-state index contributed by atoms with van der Waals surface area (Å²) < 4.78 is 28.4. The first kappa shape index (κ1) is 32.7. The molecule has 3 aliphatic rings. The van der Waals surface area contributed by atoms with Gasteiger partial charge in [0.25, 0.3) is 0 Å². The molecule has 2 aromatic carbocycles. The number of alkyl halides is 1. The fraction of sp³-hybridized carbons (Fsp3) is 0.486. The van der Waals surface area contributed by atoms with Crippen molar-refractivity contribution in [1.82, 2.24) is 24.2 Å². The van der Waals surface area contributed by atoms with Gasteiger partial charge in [0.15, 0.2) is 6.04 Å². The molecule has 7 rings (SSSR count). The van der Waals surface area contributed by atoms with E-state index in [2.05, 4.69) is 22.0 Å². The number of carbonyl (C=O) groups is 2. The minimum atomic E-state index is -1.04. The normalized spacial score (nSPS) is 19.4. The van der Waals surface area contributed by atoms with Crippen LogP contribution in [0, 0.1) is 5.41 Å². The molecule has 0 N–H and O–H groups in total. The highest BCUT2D eigenvalue weighted by Gasteiger charge is 2.46. The van der Waals surface area contributed by atoms with Crippen molar-refractivity contribution in [2.24, 2.45) is 5.41 Å². The van der Waals surface area contributed by atoms with Gasteiger partial charge in [-0.2, -0.15) is 5.10 Å². The second-order valence-electron chi connectivity index (χ2n) is 14.1. The molecule has 2 atom stereocenters. The molecular formula is C35H39Cl2FN6O4. The Kier molecular flexibility index (Phi) is 8.35. The zero-order valence-corrected chi connectivity index (χ0v) is 29.0. The lowest BCUT2D eigenvalue weighted by Crippen LogP contribution is -2.61. The van der Waals surface area contributed by atoms with Gasteiger partial charge < -0.3 is 23.8 Å². The average Bonchev–Trinajstić information content (AvgIpc) is 3.73. The van der Waals surface area contributed by atoms with E-state index in [1.165, 1.54) is 4.68 Å². The van der Waals surface area contributed by atoms with Gasteiger partial charge in [-0.05, 0) is 64.3 Å². The van der Waals surface area contributed by atoms with Crippen molar-refractivity contribution in [2.75, 3.05) is 37.7 Å². The third kappa shape index (κ3) is 6.00. The molecule has 0 radical (unpaired) electrons. The van der Waals surface area contributed by atoms with Crippen LogP contribution in [0.25, 0.3) is 22.0 Å². The van der Waals surface area contributed by atoms with Crippen LogP contribution in [0.2, 0.25) is 10.0 Å². The van der Waals surface area contributed by atoms with Crippen LogP contribution in [0.1, 0.15) is 58.0 Å². The topological polar surface area (TPSA) is 94.7 Å². The molecule has 5 heterocycles. The van der Waals surface area contributed by atoms with E-state index in [1.807, 2.05) is 43.9 Å². The quantitative estimate of drug-likeness (QED) is 0.199. The fourth-order valence-corrected chi connectivity index (χ4v) is 7.71. The Morgan fingerprint density at radius 3 is 2.50 bits per heavy atom. The van der Waals surface area contributed by atoms with Crippen molar-refractivity contribution in [2.45, 2.75) is 71.3 Å². The van der Waals surface area contributed by atoms with Gasteiger partial charge in [-0.15, -0.1) is 0 Å². The van der Waals surface area contributed by atoms with Crippen LogP contribution < -0.4 is 4.90 Å². The van der Waals surface area contributed by atoms with E-state index < -0.39 is 23.8 Å². The van der Waals surface area contributed by atoms with Gasteiger partial charge in [0.05, 0.1) is 35.2 Å². The summed E-state index contributed by atoms with van der Waals surface area (Å²) in [6.45, 7) is 11.1. The number of fused-ring (bicyclic) bond motifs is 2. The first-order chi connectivity index (χ1) is 22.8. The number of nitrogens with zero attached hydrogens (tertiary/aromatic N) is 6. The second kappa shape index (κ2) is 12.2. The largest absolute Gasteiger partial charge is 0.464 e. The molecular weight excluding hydrogens is 658 g/mol. The first-order valence-corrected chi connectivity index (χ1v) is 17.1. The van der Waals surface area contributed by atoms with Crippen molar-refractivity contribution >= 4 is 51.9 Å². The number of halogens is 3. The van der Waals surface area contributed by atoms with Crippen LogP contribution in [0.4, 0.5) is 14.9 Å². The maximum Gasteiger partial charge on any atom is 0.410 e. The fourth-order valence-electron chi connectivity index (χ4n) is 7.16. The molecule has 1 unspecified atom stereocenters. The number of hydrogen-bond donors (Lipinski definition) is 0. The zero-order chi connectivity index (χ0) is 34.0. The van der Waals surface area contributed by atoms with E-state index in [0.29, 0.717) is 45.4 Å². The number of rotatable bonds is 6. The van der Waals surface area contributed by atoms with E-state index in [1.54, 1.807) is 24.0 Å². The average molecular weight is 698 g/mol. The lowest BCUT2D eigenvalue weighted by atomic mass is 9.72. The van der Waals surface area contributed by atoms with Crippen molar-refractivity contribution in [3.05, 3.63) is 64.3 Å². The molecule has 1 amide bonds. The maximum absolute atomic E-state index is 14.2. The van der Waals surface area contributed by atoms with Gasteiger partial charge in [-0.25, -0.2) is 19.0 Å². The van der Waals surface area contributed by atoms with Crippen molar-refractivity contribution in [3.8, 4) is 11.1 Å². The molecule has 0 saturated carbocycles. The van der Waals surface area contributed by atoms with E-state index in [-0.39, 0.29) is 31.1 Å². The van der Waals surface area contributed by atoms with Gasteiger partial charge in [0, 0.05) is 66.5 Å². The Labute approximate surface area is 288 Å². The Bertz CT molecular complexity index is 1870. The lowest BCUT2D eigenvalue weighted by molar-refractivity contribution is -0.146. The number of imidazole rings is 1. The van der Waals surface area contributed by atoms with Crippen LogP contribution in [0.15, 0.2) is 42.9 Å². The number of benzene rings is 2. The molecule has 48 heavy (non-hydrogen) atoms. The third-order valence-electron chi connectivity index (χ3n) is 9.60. The summed E-state index contributed by atoms with van der Waals surface area (Å²) >= 11 is 13.8. The number of piperidine rings is 1. The van der Waals surface area contributed by atoms with Crippen LogP contribution in [-0.2, 0) is 27.2 Å². The number of anilines is 1. The molecule has 2 aromatic heterocycles. The maximum atomic E-state index is 14.2. The third-order valence-corrected chi connectivity index (χ3v) is 10.3. The lowest BCUT2D eigenvalue weighted by Gasteiger charge is -2.55. The van der Waals surface area contributed by atoms with Gasteiger partial charge >= 0.3 is 12.1 Å². The highest BCUT2D eigenvalue weighted by atomic mass is 35.5. The summed E-state index contributed by atoms with van der Waals surface area (Å²) in [5, 5.41) is 6.15. The van der Waals surface area contributed by atoms with E-state index >= 15 is 0 Å². The number of hydrogen-bond acceptors (Lipinski definition) is 7. The summed E-state index contributed by atoms with van der Waals surface area (Å²) in [5.74, 6) is -0.543. The first-order valence-electron chi connectivity index (χ1n) is 16.4. The molecule has 0 aliphatic carbocycles. The summed E-state index contributed by atoms with van der Waals surface area (Å²) in [7, 11) is 0. The van der Waals surface area contributed by atoms with Gasteiger partial charge in [-0.3, -0.25) is 4.68 Å². The smallest absolute Gasteiger partial charge is 0.410 e. The molecule has 4 aromatic rings. The predicted octanol–water partition coefficient (Wildman–Crippen LogP) is 7.09. The molecule has 0 bridgehead atoms. The van der Waals surface area contributed by atoms with Crippen LogP contribution >= 0.6 is 23.2 Å². The number of ether oxygens (including phenoxy) is 2. The summed E-state index contributed by atoms with van der Waals surface area (Å²) in [6.07, 6.45) is 4.03. The minimum absolute atomic E-state index is 0.165. The number of esters is 1. The molecule has 2 saturated heterocycles. The zero-order valence-electron chi connectivity index (χ0n) is 27.5. The second-order valence-corrected chi connectivity index (χ2v) is 14.9. The summed E-state index contributed by atoms with van der Waals surface area (Å²) in [6, 6.07) is 9.01. The summed E-state index contributed by atoms with van der Waals surface area (Å²) in [4.78, 5) is 34.4. The Hall–Kier alpha value is -3.83. The molecule has 10 nitrogen and oxygen atoms in total. The van der Waals surface area contributed by atoms with Gasteiger partial charge in [0.2, 0.25) is 0 Å². The SMILES string of the molecule is CCOC(=O)C(c1ncn2c1C[C@@H](F)C2)n1cc2c(Cl)cc(-c3ccc(N4CC5(CCN(C(=O)OC(C)(C)C)CC5)C4)cc3)c(Cl)c2n1. The Balaban J connectivity index is 1.08. The van der Waals surface area contributed by atoms with E-state index in [4.69, 9.17) is 37.8 Å².